The molecule has 2 rings (SSSR count). The van der Waals surface area contributed by atoms with Gasteiger partial charge in [-0.05, 0) is 30.8 Å². The van der Waals surface area contributed by atoms with E-state index in [1.165, 1.54) is 5.57 Å². The molecule has 15 heavy (non-hydrogen) atoms. The molecule has 1 saturated heterocycles. The Morgan fingerprint density at radius 1 is 1.40 bits per heavy atom. The second-order valence-electron chi connectivity index (χ2n) is 3.76. The molecule has 4 heteroatoms. The third-order valence-corrected chi connectivity index (χ3v) is 2.59. The van der Waals surface area contributed by atoms with Crippen molar-refractivity contribution in [1.82, 2.24) is 4.90 Å². The Morgan fingerprint density at radius 3 is 2.80 bits per heavy atom. The van der Waals surface area contributed by atoms with Crippen molar-refractivity contribution in [3.8, 4) is 0 Å². The average Bonchev–Trinajstić information content (AvgIpc) is 2.74. The molecule has 4 nitrogen and oxygen atoms in total. The first-order valence-electron chi connectivity index (χ1n) is 5.43. The highest BCUT2D eigenvalue weighted by Gasteiger charge is 2.18. The Labute approximate surface area is 90.3 Å². The Kier molecular flexibility index (Phi) is 3.77. The van der Waals surface area contributed by atoms with Crippen molar-refractivity contribution in [1.29, 1.82) is 0 Å². The first kappa shape index (κ1) is 10.7. The van der Waals surface area contributed by atoms with Gasteiger partial charge in [-0.25, -0.2) is 0 Å². The van der Waals surface area contributed by atoms with E-state index >= 15 is 0 Å². The van der Waals surface area contributed by atoms with Gasteiger partial charge in [0.1, 0.15) is 0 Å². The molecule has 2 heterocycles. The van der Waals surface area contributed by atoms with Gasteiger partial charge in [-0.1, -0.05) is 6.08 Å². The van der Waals surface area contributed by atoms with E-state index in [0.717, 1.165) is 32.7 Å². The molecule has 2 N–H and O–H groups in total. The molecular formula is C11H18N2O2. The number of hydrogen-bond acceptors (Lipinski definition) is 4. The predicted octanol–water partition coefficient (Wildman–Crippen LogP) is 0.464. The lowest BCUT2D eigenvalue weighted by molar-refractivity contribution is -0.0540. The largest absolute Gasteiger partial charge is 0.369 e. The molecule has 2 aliphatic rings. The van der Waals surface area contributed by atoms with E-state index in [-0.39, 0.29) is 6.29 Å². The van der Waals surface area contributed by atoms with Crippen LogP contribution >= 0.6 is 0 Å². The fraction of sp³-hybridized carbons (Fsp3) is 0.636. The van der Waals surface area contributed by atoms with E-state index in [9.17, 15) is 0 Å². The van der Waals surface area contributed by atoms with E-state index in [1.807, 2.05) is 0 Å². The van der Waals surface area contributed by atoms with E-state index < -0.39 is 0 Å². The number of hydrogen-bond donors (Lipinski definition) is 1. The lowest BCUT2D eigenvalue weighted by Gasteiger charge is -2.24. The maximum absolute atomic E-state index is 5.50. The highest BCUT2D eigenvalue weighted by molar-refractivity contribution is 5.22. The molecule has 0 spiro atoms. The van der Waals surface area contributed by atoms with Crippen LogP contribution in [0.5, 0.6) is 0 Å². The van der Waals surface area contributed by atoms with Crippen LogP contribution in [0.2, 0.25) is 0 Å². The lowest BCUT2D eigenvalue weighted by Crippen LogP contribution is -2.30. The fourth-order valence-corrected chi connectivity index (χ4v) is 1.76. The first-order valence-corrected chi connectivity index (χ1v) is 5.43. The zero-order chi connectivity index (χ0) is 10.5. The van der Waals surface area contributed by atoms with Crippen LogP contribution in [0.4, 0.5) is 0 Å². The zero-order valence-electron chi connectivity index (χ0n) is 8.89. The molecular weight excluding hydrogens is 192 g/mol. The number of nitrogens with zero attached hydrogens (tertiary/aromatic N) is 1. The molecule has 0 aliphatic carbocycles. The minimum atomic E-state index is -0.0564. The third-order valence-electron chi connectivity index (χ3n) is 2.59. The SMILES string of the molecule is NCCC1=CCN(CC2OCCO2)C=C1. The van der Waals surface area contributed by atoms with Crippen LogP contribution < -0.4 is 5.73 Å². The van der Waals surface area contributed by atoms with Crippen molar-refractivity contribution in [2.75, 3.05) is 32.8 Å². The van der Waals surface area contributed by atoms with Crippen molar-refractivity contribution < 1.29 is 9.47 Å². The van der Waals surface area contributed by atoms with Crippen LogP contribution in [0, 0.1) is 0 Å². The second kappa shape index (κ2) is 5.30. The molecule has 0 bridgehead atoms. The summed E-state index contributed by atoms with van der Waals surface area (Å²) in [4.78, 5) is 2.19. The van der Waals surface area contributed by atoms with Crippen LogP contribution in [0.25, 0.3) is 0 Å². The Bertz CT molecular complexity index is 257. The van der Waals surface area contributed by atoms with E-state index in [2.05, 4.69) is 23.3 Å². The summed E-state index contributed by atoms with van der Waals surface area (Å²) in [7, 11) is 0. The maximum Gasteiger partial charge on any atom is 0.175 e. The summed E-state index contributed by atoms with van der Waals surface area (Å²) in [6.07, 6.45) is 7.32. The summed E-state index contributed by atoms with van der Waals surface area (Å²) in [5, 5.41) is 0. The second-order valence-corrected chi connectivity index (χ2v) is 3.76. The van der Waals surface area contributed by atoms with Gasteiger partial charge in [-0.2, -0.15) is 0 Å². The quantitative estimate of drug-likeness (QED) is 0.732. The van der Waals surface area contributed by atoms with Gasteiger partial charge >= 0.3 is 0 Å². The summed E-state index contributed by atoms with van der Waals surface area (Å²) >= 11 is 0. The van der Waals surface area contributed by atoms with Crippen molar-refractivity contribution in [2.45, 2.75) is 12.7 Å². The van der Waals surface area contributed by atoms with Crippen LogP contribution in [-0.2, 0) is 9.47 Å². The summed E-state index contributed by atoms with van der Waals surface area (Å²) in [5.74, 6) is 0. The molecule has 0 atom stereocenters. The topological polar surface area (TPSA) is 47.7 Å². The van der Waals surface area contributed by atoms with Crippen molar-refractivity contribution in [2.24, 2.45) is 5.73 Å². The molecule has 84 valence electrons. The number of rotatable bonds is 4. The molecule has 0 aromatic carbocycles. The van der Waals surface area contributed by atoms with Crippen LogP contribution in [0.3, 0.4) is 0 Å². The standard InChI is InChI=1S/C11H18N2O2/c12-4-1-10-2-5-13(6-3-10)9-11-14-7-8-15-11/h2-3,5,11H,1,4,6-9,12H2. The number of ether oxygens (including phenoxy) is 2. The fourth-order valence-electron chi connectivity index (χ4n) is 1.76. The van der Waals surface area contributed by atoms with E-state index in [4.69, 9.17) is 15.2 Å². The van der Waals surface area contributed by atoms with Crippen LogP contribution in [0.1, 0.15) is 6.42 Å². The summed E-state index contributed by atoms with van der Waals surface area (Å²) in [5.41, 5.74) is 6.82. The van der Waals surface area contributed by atoms with Gasteiger partial charge in [0, 0.05) is 6.54 Å². The zero-order valence-corrected chi connectivity index (χ0v) is 8.89. The van der Waals surface area contributed by atoms with Gasteiger partial charge in [-0.3, -0.25) is 0 Å². The number of nitrogens with two attached hydrogens (primary N) is 1. The highest BCUT2D eigenvalue weighted by Crippen LogP contribution is 2.12. The van der Waals surface area contributed by atoms with Crippen molar-refractivity contribution in [3.63, 3.8) is 0 Å². The van der Waals surface area contributed by atoms with E-state index in [0.29, 0.717) is 6.54 Å². The number of allylic oxidation sites excluding steroid dienone is 1. The van der Waals surface area contributed by atoms with Gasteiger partial charge in [0.25, 0.3) is 0 Å². The third kappa shape index (κ3) is 3.06. The molecule has 0 aromatic rings. The lowest BCUT2D eigenvalue weighted by atomic mass is 10.1. The van der Waals surface area contributed by atoms with Gasteiger partial charge in [-0.15, -0.1) is 0 Å². The molecule has 1 fully saturated rings. The normalized spacial score (nSPS) is 22.2. The Balaban J connectivity index is 1.76. The minimum absolute atomic E-state index is 0.0564. The Hall–Kier alpha value is -0.840. The Morgan fingerprint density at radius 2 is 2.20 bits per heavy atom. The van der Waals surface area contributed by atoms with Gasteiger partial charge < -0.3 is 20.1 Å². The van der Waals surface area contributed by atoms with E-state index in [1.54, 1.807) is 0 Å². The van der Waals surface area contributed by atoms with Crippen LogP contribution in [-0.4, -0.2) is 44.0 Å². The van der Waals surface area contributed by atoms with Gasteiger partial charge in [0.2, 0.25) is 0 Å². The molecule has 0 aromatic heterocycles. The van der Waals surface area contributed by atoms with Crippen molar-refractivity contribution in [3.05, 3.63) is 23.9 Å². The summed E-state index contributed by atoms with van der Waals surface area (Å²) in [6.45, 7) is 3.88. The maximum atomic E-state index is 5.50. The van der Waals surface area contributed by atoms with Crippen molar-refractivity contribution >= 4 is 0 Å². The summed E-state index contributed by atoms with van der Waals surface area (Å²) < 4.78 is 10.8. The minimum Gasteiger partial charge on any atom is -0.369 e. The van der Waals surface area contributed by atoms with Gasteiger partial charge in [0.15, 0.2) is 6.29 Å². The molecule has 0 saturated carbocycles. The highest BCUT2D eigenvalue weighted by atomic mass is 16.7. The molecule has 0 radical (unpaired) electrons. The molecule has 0 unspecified atom stereocenters. The van der Waals surface area contributed by atoms with Gasteiger partial charge in [0.05, 0.1) is 19.8 Å². The molecule has 2 aliphatic heterocycles. The molecule has 0 amide bonds. The summed E-state index contributed by atoms with van der Waals surface area (Å²) in [6, 6.07) is 0. The monoisotopic (exact) mass is 210 g/mol. The smallest absolute Gasteiger partial charge is 0.175 e. The van der Waals surface area contributed by atoms with Crippen LogP contribution in [0.15, 0.2) is 23.9 Å². The predicted molar refractivity (Wildman–Crippen MR) is 58.2 cm³/mol. The first-order chi connectivity index (χ1) is 7.38. The average molecular weight is 210 g/mol.